The standard InChI is InChI=1S/C2H2O4.C2H4O2.3H2O/c3-1(4)2(5)6;1-2(3)4;;;/h(H,3,4)(H,5,6);1H3,(H,3,4);3*1H2. The van der Waals surface area contributed by atoms with Gasteiger partial charge in [0.1, 0.15) is 0 Å². The minimum Gasteiger partial charge on any atom is -0.481 e. The van der Waals surface area contributed by atoms with Crippen LogP contribution in [0.2, 0.25) is 0 Å². The molecule has 9 heteroatoms. The maximum absolute atomic E-state index is 9.10. The van der Waals surface area contributed by atoms with Crippen LogP contribution in [0, 0.1) is 0 Å². The van der Waals surface area contributed by atoms with Crippen LogP contribution in [-0.2, 0) is 14.4 Å². The van der Waals surface area contributed by atoms with Crippen molar-refractivity contribution < 1.29 is 46.1 Å². The van der Waals surface area contributed by atoms with E-state index >= 15 is 0 Å². The van der Waals surface area contributed by atoms with Crippen molar-refractivity contribution in [3.63, 3.8) is 0 Å². The fraction of sp³-hybridized carbons (Fsp3) is 0.250. The van der Waals surface area contributed by atoms with Gasteiger partial charge in [-0.25, -0.2) is 9.59 Å². The summed E-state index contributed by atoms with van der Waals surface area (Å²) < 4.78 is 0. The first kappa shape index (κ1) is 30.2. The molecule has 0 aliphatic heterocycles. The number of rotatable bonds is 0. The summed E-state index contributed by atoms with van der Waals surface area (Å²) in [5.41, 5.74) is 0. The van der Waals surface area contributed by atoms with Crippen LogP contribution in [0.4, 0.5) is 0 Å². The molecule has 0 aromatic carbocycles. The Morgan fingerprint density at radius 2 is 0.846 bits per heavy atom. The molecule has 0 atom stereocenters. The quantitative estimate of drug-likeness (QED) is 0.345. The van der Waals surface area contributed by atoms with Crippen LogP contribution >= 0.6 is 0 Å². The number of carboxylic acids is 3. The summed E-state index contributed by atoms with van der Waals surface area (Å²) in [7, 11) is 0. The molecule has 0 aromatic heterocycles. The van der Waals surface area contributed by atoms with E-state index in [4.69, 9.17) is 29.7 Å². The van der Waals surface area contributed by atoms with Crippen LogP contribution in [0.3, 0.4) is 0 Å². The molecule has 0 heterocycles. The van der Waals surface area contributed by atoms with Crippen LogP contribution in [0.1, 0.15) is 6.92 Å². The first-order valence-corrected chi connectivity index (χ1v) is 2.03. The fourth-order valence-electron chi connectivity index (χ4n) is 0. The number of carboxylic acid groups (broad SMARTS) is 3. The van der Waals surface area contributed by atoms with Gasteiger partial charge in [-0.3, -0.25) is 4.79 Å². The second-order valence-electron chi connectivity index (χ2n) is 1.13. The molecule has 0 radical (unpaired) electrons. The molecule has 0 aromatic rings. The molecule has 13 heavy (non-hydrogen) atoms. The zero-order valence-electron chi connectivity index (χ0n) is 6.57. The highest BCUT2D eigenvalue weighted by Crippen LogP contribution is 1.56. The van der Waals surface area contributed by atoms with E-state index in [1.54, 1.807) is 0 Å². The van der Waals surface area contributed by atoms with Gasteiger partial charge in [0.25, 0.3) is 5.97 Å². The molecule has 0 bridgehead atoms. The van der Waals surface area contributed by atoms with Crippen LogP contribution < -0.4 is 0 Å². The molecule has 0 unspecified atom stereocenters. The minimum atomic E-state index is -1.82. The zero-order chi connectivity index (χ0) is 8.73. The monoisotopic (exact) mass is 204 g/mol. The molecule has 0 fully saturated rings. The third-order valence-corrected chi connectivity index (χ3v) is 0.183. The third kappa shape index (κ3) is 135. The van der Waals surface area contributed by atoms with Crippen molar-refractivity contribution in [3.05, 3.63) is 0 Å². The molecular formula is C4H12O9. The van der Waals surface area contributed by atoms with E-state index in [0.29, 0.717) is 0 Å². The molecule has 0 saturated carbocycles. The van der Waals surface area contributed by atoms with Crippen molar-refractivity contribution in [1.82, 2.24) is 0 Å². The summed E-state index contributed by atoms with van der Waals surface area (Å²) in [6, 6.07) is 0. The van der Waals surface area contributed by atoms with Gasteiger partial charge in [-0.1, -0.05) is 0 Å². The molecule has 9 N–H and O–H groups in total. The van der Waals surface area contributed by atoms with E-state index in [2.05, 4.69) is 0 Å². The Morgan fingerprint density at radius 3 is 0.846 bits per heavy atom. The first-order chi connectivity index (χ1) is 4.37. The molecular weight excluding hydrogens is 192 g/mol. The SMILES string of the molecule is CC(=O)O.O.O.O.O=C(O)C(=O)O. The molecule has 0 aliphatic rings. The fourth-order valence-corrected chi connectivity index (χ4v) is 0. The van der Waals surface area contributed by atoms with Gasteiger partial charge in [0.15, 0.2) is 0 Å². The molecule has 9 nitrogen and oxygen atoms in total. The maximum Gasteiger partial charge on any atom is 0.414 e. The second-order valence-corrected chi connectivity index (χ2v) is 1.13. The second kappa shape index (κ2) is 16.7. The maximum atomic E-state index is 9.10. The van der Waals surface area contributed by atoms with Gasteiger partial charge in [-0.15, -0.1) is 0 Å². The normalized spacial score (nSPS) is 5.31. The topological polar surface area (TPSA) is 206 Å². The van der Waals surface area contributed by atoms with E-state index < -0.39 is 17.9 Å². The minimum absolute atomic E-state index is 0. The largest absolute Gasteiger partial charge is 0.481 e. The molecule has 0 amide bonds. The number of carbonyl (C=O) groups is 3. The lowest BCUT2D eigenvalue weighted by Gasteiger charge is -1.72. The Labute approximate surface area is 72.1 Å². The highest BCUT2D eigenvalue weighted by atomic mass is 16.4. The van der Waals surface area contributed by atoms with Gasteiger partial charge in [-0.05, 0) is 0 Å². The summed E-state index contributed by atoms with van der Waals surface area (Å²) in [6.45, 7) is 1.08. The highest BCUT2D eigenvalue weighted by Gasteiger charge is 2.04. The molecule has 0 saturated heterocycles. The Kier molecular flexibility index (Phi) is 38.8. The smallest absolute Gasteiger partial charge is 0.414 e. The average Bonchev–Trinajstić information content (AvgIpc) is 1.63. The van der Waals surface area contributed by atoms with E-state index in [-0.39, 0.29) is 16.4 Å². The van der Waals surface area contributed by atoms with Gasteiger partial charge in [-0.2, -0.15) is 0 Å². The van der Waals surface area contributed by atoms with Crippen molar-refractivity contribution in [1.29, 1.82) is 0 Å². The van der Waals surface area contributed by atoms with Crippen LogP contribution in [-0.4, -0.2) is 49.7 Å². The van der Waals surface area contributed by atoms with Gasteiger partial charge in [0.2, 0.25) is 0 Å². The van der Waals surface area contributed by atoms with Crippen molar-refractivity contribution in [2.24, 2.45) is 0 Å². The van der Waals surface area contributed by atoms with Crippen molar-refractivity contribution in [2.75, 3.05) is 0 Å². The summed E-state index contributed by atoms with van der Waals surface area (Å²) in [5.74, 6) is -4.48. The van der Waals surface area contributed by atoms with Crippen LogP contribution in [0.5, 0.6) is 0 Å². The summed E-state index contributed by atoms with van der Waals surface area (Å²) in [5, 5.41) is 22.2. The molecule has 0 spiro atoms. The number of hydrogen-bond donors (Lipinski definition) is 3. The molecule has 0 rings (SSSR count). The van der Waals surface area contributed by atoms with Gasteiger partial charge in [0.05, 0.1) is 0 Å². The Hall–Kier alpha value is -1.71. The zero-order valence-corrected chi connectivity index (χ0v) is 6.57. The predicted octanol–water partition coefficient (Wildman–Crippen LogP) is -3.23. The van der Waals surface area contributed by atoms with Gasteiger partial charge < -0.3 is 31.7 Å². The third-order valence-electron chi connectivity index (χ3n) is 0.183. The van der Waals surface area contributed by atoms with Gasteiger partial charge in [0, 0.05) is 6.92 Å². The first-order valence-electron chi connectivity index (χ1n) is 2.03. The lowest BCUT2D eigenvalue weighted by molar-refractivity contribution is -0.159. The molecule has 0 aliphatic carbocycles. The Balaban J connectivity index is -0.0000000279. The highest BCUT2D eigenvalue weighted by molar-refractivity contribution is 6.27. The van der Waals surface area contributed by atoms with Crippen molar-refractivity contribution in [2.45, 2.75) is 6.92 Å². The number of aliphatic carboxylic acids is 3. The lowest BCUT2D eigenvalue weighted by Crippen LogP contribution is -2.09. The van der Waals surface area contributed by atoms with Crippen molar-refractivity contribution in [3.8, 4) is 0 Å². The lowest BCUT2D eigenvalue weighted by atomic mass is 10.7. The van der Waals surface area contributed by atoms with E-state index in [0.717, 1.165) is 6.92 Å². The number of hydrogen-bond acceptors (Lipinski definition) is 3. The van der Waals surface area contributed by atoms with E-state index in [1.807, 2.05) is 0 Å². The summed E-state index contributed by atoms with van der Waals surface area (Å²) in [6.07, 6.45) is 0. The van der Waals surface area contributed by atoms with Gasteiger partial charge >= 0.3 is 11.9 Å². The molecule has 82 valence electrons. The Morgan fingerprint density at radius 1 is 0.769 bits per heavy atom. The summed E-state index contributed by atoms with van der Waals surface area (Å²) >= 11 is 0. The predicted molar refractivity (Wildman–Crippen MR) is 39.4 cm³/mol. The average molecular weight is 204 g/mol. The van der Waals surface area contributed by atoms with Crippen molar-refractivity contribution >= 4 is 17.9 Å². The van der Waals surface area contributed by atoms with Crippen LogP contribution in [0.25, 0.3) is 0 Å². The summed E-state index contributed by atoms with van der Waals surface area (Å²) in [4.78, 5) is 27.2. The van der Waals surface area contributed by atoms with E-state index in [9.17, 15) is 0 Å². The van der Waals surface area contributed by atoms with Crippen LogP contribution in [0.15, 0.2) is 0 Å². The van der Waals surface area contributed by atoms with E-state index in [1.165, 1.54) is 0 Å². The Bertz CT molecular complexity index is 134.